The van der Waals surface area contributed by atoms with Gasteiger partial charge in [0.2, 0.25) is 17.7 Å². The number of rotatable bonds is 25. The molecule has 23 nitrogen and oxygen atoms in total. The summed E-state index contributed by atoms with van der Waals surface area (Å²) in [4.78, 5) is 108. The number of hydrogen-bond donors (Lipinski definition) is 7. The summed E-state index contributed by atoms with van der Waals surface area (Å²) in [5, 5.41) is 24.9. The van der Waals surface area contributed by atoms with Crippen LogP contribution in [0.25, 0.3) is 10.8 Å². The highest BCUT2D eigenvalue weighted by Crippen LogP contribution is 2.49. The molecule has 76 heavy (non-hydrogen) atoms. The van der Waals surface area contributed by atoms with Crippen LogP contribution in [0.3, 0.4) is 0 Å². The number of H-pyrrole nitrogens is 1. The summed E-state index contributed by atoms with van der Waals surface area (Å²) in [5.74, 6) is -4.03. The van der Waals surface area contributed by atoms with Crippen molar-refractivity contribution in [2.75, 3.05) is 43.2 Å². The quantitative estimate of drug-likeness (QED) is 0.0326. The molecule has 8 N–H and O–H groups in total. The van der Waals surface area contributed by atoms with Crippen LogP contribution < -0.4 is 42.8 Å². The first kappa shape index (κ1) is 55.1. The normalized spacial score (nSPS) is 15.7. The molecule has 0 saturated heterocycles. The molecule has 2 aliphatic rings. The molecule has 2 aliphatic heterocycles. The molecule has 0 aliphatic carbocycles. The fourth-order valence-corrected chi connectivity index (χ4v) is 8.95. The summed E-state index contributed by atoms with van der Waals surface area (Å²) >= 11 is 0. The zero-order valence-corrected chi connectivity index (χ0v) is 42.0. The Labute approximate surface area is 434 Å². The van der Waals surface area contributed by atoms with Crippen LogP contribution in [0.4, 0.5) is 29.7 Å². The number of aryl methyl sites for hydroxylation is 1. The SMILES string of the molecule is CC(C)[C@H](NC(=O)CCCCCN1C(=O)C=CC1=O)C(=O)N[C@@H](CCCNC(N)=O)C(=O)Nc1ccc(COC(=O)NCCOCN2c3cc(F)cc4c(=O)[nH]nc(c34)C(c3ncnn3C)[C@H]2c2ccc(F)cc2)cc1. The van der Waals surface area contributed by atoms with Gasteiger partial charge in [-0.3, -0.25) is 38.3 Å². The van der Waals surface area contributed by atoms with E-state index in [1.54, 1.807) is 66.9 Å². The molecule has 4 heterocycles. The number of primary amides is 1. The number of amides is 8. The Morgan fingerprint density at radius 2 is 1.59 bits per heavy atom. The minimum Gasteiger partial charge on any atom is -0.445 e. The van der Waals surface area contributed by atoms with E-state index in [2.05, 4.69) is 46.9 Å². The molecule has 0 spiro atoms. The monoisotopic (exact) mass is 1050 g/mol. The van der Waals surface area contributed by atoms with Gasteiger partial charge in [0.05, 0.1) is 35.3 Å². The third kappa shape index (κ3) is 14.0. The molecule has 3 aromatic carbocycles. The smallest absolute Gasteiger partial charge is 0.407 e. The molecule has 0 fully saturated rings. The van der Waals surface area contributed by atoms with E-state index in [-0.39, 0.29) is 87.9 Å². The lowest BCUT2D eigenvalue weighted by Crippen LogP contribution is -2.54. The van der Waals surface area contributed by atoms with Crippen molar-refractivity contribution in [2.45, 2.75) is 83.0 Å². The van der Waals surface area contributed by atoms with E-state index >= 15 is 4.39 Å². The number of urea groups is 1. The molecule has 7 rings (SSSR count). The standard InChI is InChI=1S/C51H59F2N13O10/c1-29(2)43(61-38(67)9-5-4-6-22-65-39(68)18-19-40(65)69)49(72)60-36(8-7-20-55-50(54)73)48(71)59-34-16-10-30(11-17-34)26-76-51(74)56-21-23-75-28-66-37-25-33(53)24-35-41(37)44(62-63-47(35)70)42(46-57-27-58-64(46)3)45(66)31-12-14-32(52)15-13-31/h10-19,24-25,27,29,36,42-43,45H,4-9,20-23,26,28H2,1-3H3,(H,56,74)(H,59,71)(H,60,72)(H,61,67)(H,63,70)(H3,54,55,73)/t36-,42?,43-,45+/m0/s1. The van der Waals surface area contributed by atoms with Crippen LogP contribution >= 0.6 is 0 Å². The lowest BCUT2D eigenvalue weighted by atomic mass is 9.82. The van der Waals surface area contributed by atoms with Gasteiger partial charge in [0, 0.05) is 56.3 Å². The van der Waals surface area contributed by atoms with E-state index in [1.165, 1.54) is 36.7 Å². The number of nitrogens with zero attached hydrogens (tertiary/aromatic N) is 6. The summed E-state index contributed by atoms with van der Waals surface area (Å²) in [6.45, 7) is 3.51. The van der Waals surface area contributed by atoms with Crippen LogP contribution in [0.2, 0.25) is 0 Å². The van der Waals surface area contributed by atoms with Crippen LogP contribution in [0.15, 0.2) is 83.9 Å². The molecule has 0 radical (unpaired) electrons. The van der Waals surface area contributed by atoms with E-state index in [4.69, 9.17) is 15.2 Å². The lowest BCUT2D eigenvalue weighted by Gasteiger charge is -2.42. The van der Waals surface area contributed by atoms with Gasteiger partial charge in [-0.1, -0.05) is 44.5 Å². The molecule has 5 aromatic rings. The van der Waals surface area contributed by atoms with Gasteiger partial charge in [-0.2, -0.15) is 10.2 Å². The van der Waals surface area contributed by atoms with Crippen molar-refractivity contribution >= 4 is 63.8 Å². The predicted molar refractivity (Wildman–Crippen MR) is 271 cm³/mol. The number of ether oxygens (including phenoxy) is 2. The average molecular weight is 1050 g/mol. The third-order valence-corrected chi connectivity index (χ3v) is 12.7. The maximum Gasteiger partial charge on any atom is 0.407 e. The van der Waals surface area contributed by atoms with E-state index in [9.17, 15) is 42.7 Å². The van der Waals surface area contributed by atoms with Crippen LogP contribution in [0.1, 0.15) is 87.0 Å². The van der Waals surface area contributed by atoms with E-state index in [0.29, 0.717) is 58.7 Å². The fraction of sp³-hybridized carbons (Fsp3) is 0.392. The maximum atomic E-state index is 15.2. The van der Waals surface area contributed by atoms with Gasteiger partial charge in [0.25, 0.3) is 17.4 Å². The van der Waals surface area contributed by atoms with Crippen LogP contribution in [0, 0.1) is 17.6 Å². The van der Waals surface area contributed by atoms with Crippen LogP contribution in [-0.4, -0.2) is 117 Å². The molecular weight excluding hydrogens is 993 g/mol. The fourth-order valence-electron chi connectivity index (χ4n) is 8.95. The molecule has 402 valence electrons. The van der Waals surface area contributed by atoms with Gasteiger partial charge in [-0.05, 0) is 79.1 Å². The van der Waals surface area contributed by atoms with Gasteiger partial charge in [0.1, 0.15) is 49.2 Å². The highest BCUT2D eigenvalue weighted by molar-refractivity contribution is 6.12. The largest absolute Gasteiger partial charge is 0.445 e. The Morgan fingerprint density at radius 3 is 2.28 bits per heavy atom. The van der Waals surface area contributed by atoms with Gasteiger partial charge in [-0.25, -0.2) is 28.5 Å². The lowest BCUT2D eigenvalue weighted by molar-refractivity contribution is -0.137. The number of aromatic amines is 1. The number of nitrogens with one attached hydrogen (secondary N) is 6. The number of nitrogens with two attached hydrogens (primary N) is 1. The number of alkyl carbamates (subject to hydrolysis) is 1. The van der Waals surface area contributed by atoms with Gasteiger partial charge >= 0.3 is 12.1 Å². The Hall–Kier alpha value is -8.61. The molecule has 1 unspecified atom stereocenters. The first-order chi connectivity index (χ1) is 36.5. The number of unbranched alkanes of at least 4 members (excludes halogenated alkanes) is 2. The Kier molecular flexibility index (Phi) is 18.5. The van der Waals surface area contributed by atoms with Crippen molar-refractivity contribution in [1.29, 1.82) is 0 Å². The first-order valence-corrected chi connectivity index (χ1v) is 24.6. The van der Waals surface area contributed by atoms with Crippen molar-refractivity contribution in [2.24, 2.45) is 18.7 Å². The van der Waals surface area contributed by atoms with Crippen molar-refractivity contribution in [3.05, 3.63) is 124 Å². The second kappa shape index (κ2) is 25.6. The average Bonchev–Trinajstić information content (AvgIpc) is 3.96. The number of aromatic nitrogens is 5. The summed E-state index contributed by atoms with van der Waals surface area (Å²) in [6.07, 6.45) is 5.03. The highest BCUT2D eigenvalue weighted by Gasteiger charge is 2.42. The third-order valence-electron chi connectivity index (χ3n) is 12.7. The van der Waals surface area contributed by atoms with Crippen molar-refractivity contribution in [3.8, 4) is 0 Å². The van der Waals surface area contributed by atoms with Crippen molar-refractivity contribution < 1.29 is 51.8 Å². The van der Waals surface area contributed by atoms with Crippen LogP contribution in [0.5, 0.6) is 0 Å². The van der Waals surface area contributed by atoms with E-state index < -0.39 is 65.2 Å². The second-order valence-corrected chi connectivity index (χ2v) is 18.5. The highest BCUT2D eigenvalue weighted by atomic mass is 19.1. The summed E-state index contributed by atoms with van der Waals surface area (Å²) in [5.41, 5.74) is 6.85. The minimum atomic E-state index is -1.09. The van der Waals surface area contributed by atoms with E-state index in [0.717, 1.165) is 11.0 Å². The second-order valence-electron chi connectivity index (χ2n) is 18.5. The zero-order chi connectivity index (χ0) is 54.5. The topological polar surface area (TPSA) is 307 Å². The summed E-state index contributed by atoms with van der Waals surface area (Å²) in [7, 11) is 1.70. The predicted octanol–water partition coefficient (Wildman–Crippen LogP) is 3.42. The molecule has 8 amide bonds. The molecule has 4 atom stereocenters. The van der Waals surface area contributed by atoms with Crippen molar-refractivity contribution in [3.63, 3.8) is 0 Å². The number of carbonyl (C=O) groups excluding carboxylic acids is 7. The Bertz CT molecular complexity index is 3000. The zero-order valence-electron chi connectivity index (χ0n) is 42.0. The number of benzene rings is 3. The molecule has 25 heteroatoms. The Balaban J connectivity index is 0.903. The number of carbonyl (C=O) groups is 7. The number of halogens is 2. The number of imide groups is 1. The summed E-state index contributed by atoms with van der Waals surface area (Å²) < 4.78 is 42.5. The molecule has 0 saturated carbocycles. The maximum absolute atomic E-state index is 15.2. The first-order valence-electron chi connectivity index (χ1n) is 24.6. The molecule has 0 bridgehead atoms. The van der Waals surface area contributed by atoms with Crippen molar-refractivity contribution in [1.82, 2.24) is 51.1 Å². The van der Waals surface area contributed by atoms with Gasteiger partial charge < -0.3 is 46.7 Å². The van der Waals surface area contributed by atoms with Gasteiger partial charge in [-0.15, -0.1) is 0 Å². The molecular formula is C51H59F2N13O10. The number of anilines is 2. The minimum absolute atomic E-state index is 0.00433. The summed E-state index contributed by atoms with van der Waals surface area (Å²) in [6, 6.07) is 11.1. The molecule has 2 aromatic heterocycles. The van der Waals surface area contributed by atoms with E-state index in [1.807, 2.05) is 0 Å². The Morgan fingerprint density at radius 1 is 0.855 bits per heavy atom. The van der Waals surface area contributed by atoms with Gasteiger partial charge in [0.15, 0.2) is 0 Å². The number of hydrogen-bond acceptors (Lipinski definition) is 14. The van der Waals surface area contributed by atoms with Crippen LogP contribution in [-0.2, 0) is 47.1 Å².